The van der Waals surface area contributed by atoms with Crippen LogP contribution in [0.15, 0.2) is 30.3 Å². The predicted octanol–water partition coefficient (Wildman–Crippen LogP) is 8.12. The van der Waals surface area contributed by atoms with Crippen LogP contribution in [0.5, 0.6) is 0 Å². The minimum absolute atomic E-state index is 0.0177. The minimum atomic E-state index is -0.631. The molecule has 210 valence electrons. The van der Waals surface area contributed by atoms with Gasteiger partial charge in [0.25, 0.3) is 0 Å². The highest BCUT2D eigenvalue weighted by Gasteiger charge is 2.55. The molecule has 0 radical (unpaired) electrons. The fraction of sp³-hybridized carbons (Fsp3) is 0.742. The molecule has 0 saturated carbocycles. The monoisotopic (exact) mass is 516 g/mol. The Labute approximate surface area is 225 Å². The maximum atomic E-state index is 12.7. The van der Waals surface area contributed by atoms with Crippen molar-refractivity contribution in [1.82, 2.24) is 10.4 Å². The number of alkyl carbamates (subject to hydrolysis) is 1. The van der Waals surface area contributed by atoms with Gasteiger partial charge in [0.2, 0.25) is 5.91 Å². The van der Waals surface area contributed by atoms with Gasteiger partial charge < -0.3 is 4.74 Å². The molecule has 1 heterocycles. The number of hydrogen-bond donors (Lipinski definition) is 1. The third kappa shape index (κ3) is 8.54. The van der Waals surface area contributed by atoms with Crippen molar-refractivity contribution >= 4 is 12.0 Å². The number of piperidine rings is 1. The fourth-order valence-electron chi connectivity index (χ4n) is 5.57. The molecule has 2 amide bonds. The summed E-state index contributed by atoms with van der Waals surface area (Å²) in [6.45, 7) is 15.1. The van der Waals surface area contributed by atoms with Crippen LogP contribution in [0.1, 0.15) is 131 Å². The van der Waals surface area contributed by atoms with E-state index in [1.54, 1.807) is 0 Å². The topological polar surface area (TPSA) is 67.9 Å². The van der Waals surface area contributed by atoms with Gasteiger partial charge in [-0.05, 0) is 45.6 Å². The van der Waals surface area contributed by atoms with Crippen LogP contribution in [0.4, 0.5) is 4.79 Å². The third-order valence-corrected chi connectivity index (χ3v) is 8.65. The van der Waals surface area contributed by atoms with Crippen LogP contribution in [0, 0.1) is 5.92 Å². The number of carbonyl (C=O) groups excluding carboxylic acids is 2. The van der Waals surface area contributed by atoms with Gasteiger partial charge in [0.15, 0.2) is 0 Å². The van der Waals surface area contributed by atoms with E-state index in [0.717, 1.165) is 37.7 Å². The van der Waals surface area contributed by atoms with Crippen LogP contribution in [0.3, 0.4) is 0 Å². The number of unbranched alkanes of at least 4 members (excludes halogenated alkanes) is 6. The Morgan fingerprint density at radius 1 is 1.00 bits per heavy atom. The average molecular weight is 517 g/mol. The molecule has 5 atom stereocenters. The number of rotatable bonds is 14. The number of nitrogens with one attached hydrogen (secondary N) is 1. The average Bonchev–Trinajstić information content (AvgIpc) is 2.89. The Kier molecular flexibility index (Phi) is 12.6. The molecule has 0 aromatic heterocycles. The number of imide groups is 1. The maximum Gasteiger partial charge on any atom is 0.414 e. The van der Waals surface area contributed by atoms with Gasteiger partial charge in [-0.2, -0.15) is 5.06 Å². The van der Waals surface area contributed by atoms with E-state index < -0.39 is 6.09 Å². The molecular weight excluding hydrogens is 464 g/mol. The van der Waals surface area contributed by atoms with Gasteiger partial charge in [0.1, 0.15) is 12.2 Å². The van der Waals surface area contributed by atoms with Crippen LogP contribution in [0.25, 0.3) is 0 Å². The third-order valence-electron chi connectivity index (χ3n) is 8.65. The van der Waals surface area contributed by atoms with E-state index in [1.165, 1.54) is 25.7 Å². The molecule has 5 unspecified atom stereocenters. The lowest BCUT2D eigenvalue weighted by molar-refractivity contribution is -0.335. The van der Waals surface area contributed by atoms with Gasteiger partial charge in [-0.15, -0.1) is 0 Å². The lowest BCUT2D eigenvalue weighted by Gasteiger charge is -2.59. The van der Waals surface area contributed by atoms with Gasteiger partial charge in [0, 0.05) is 29.8 Å². The molecule has 0 spiro atoms. The number of carbonyl (C=O) groups is 2. The normalized spacial score (nSPS) is 27.0. The first-order valence-electron chi connectivity index (χ1n) is 14.6. The molecule has 6 nitrogen and oxygen atoms in total. The molecule has 1 aliphatic rings. The molecule has 0 bridgehead atoms. The summed E-state index contributed by atoms with van der Waals surface area (Å²) in [5.74, 6) is -0.232. The van der Waals surface area contributed by atoms with E-state index in [4.69, 9.17) is 9.57 Å². The summed E-state index contributed by atoms with van der Waals surface area (Å²) in [5.41, 5.74) is 0.454. The van der Waals surface area contributed by atoms with E-state index in [-0.39, 0.29) is 35.1 Å². The second kappa shape index (κ2) is 14.9. The first kappa shape index (κ1) is 31.3. The van der Waals surface area contributed by atoms with Gasteiger partial charge in [0.05, 0.1) is 0 Å². The van der Waals surface area contributed by atoms with Crippen molar-refractivity contribution in [2.24, 2.45) is 5.92 Å². The summed E-state index contributed by atoms with van der Waals surface area (Å²) < 4.78 is 5.93. The molecule has 1 N–H and O–H groups in total. The van der Waals surface area contributed by atoms with Gasteiger partial charge in [-0.3, -0.25) is 14.9 Å². The highest BCUT2D eigenvalue weighted by Crippen LogP contribution is 2.48. The van der Waals surface area contributed by atoms with E-state index in [0.29, 0.717) is 12.8 Å². The summed E-state index contributed by atoms with van der Waals surface area (Å²) in [6, 6.07) is 10.2. The predicted molar refractivity (Wildman–Crippen MR) is 150 cm³/mol. The number of hydrogen-bond acceptors (Lipinski definition) is 5. The Bertz CT molecular complexity index is 832. The largest absolute Gasteiger partial charge is 0.446 e. The second-order valence-electron chi connectivity index (χ2n) is 11.4. The highest BCUT2D eigenvalue weighted by molar-refractivity contribution is 5.91. The summed E-state index contributed by atoms with van der Waals surface area (Å²) in [5, 5.41) is 4.66. The minimum Gasteiger partial charge on any atom is -0.446 e. The Balaban J connectivity index is 1.99. The van der Waals surface area contributed by atoms with Crippen molar-refractivity contribution in [2.45, 2.75) is 142 Å². The van der Waals surface area contributed by atoms with E-state index in [9.17, 15) is 9.59 Å². The fourth-order valence-corrected chi connectivity index (χ4v) is 5.57. The lowest BCUT2D eigenvalue weighted by Crippen LogP contribution is -2.68. The van der Waals surface area contributed by atoms with Crippen molar-refractivity contribution in [1.29, 1.82) is 0 Å². The first-order chi connectivity index (χ1) is 17.6. The second-order valence-corrected chi connectivity index (χ2v) is 11.4. The van der Waals surface area contributed by atoms with Crippen LogP contribution in [-0.4, -0.2) is 34.2 Å². The highest BCUT2D eigenvalue weighted by atomic mass is 16.7. The molecule has 1 aromatic rings. The molecule has 0 aliphatic carbocycles. The maximum absolute atomic E-state index is 12.7. The summed E-state index contributed by atoms with van der Waals surface area (Å²) >= 11 is 0. The first-order valence-corrected chi connectivity index (χ1v) is 14.6. The lowest BCUT2D eigenvalue weighted by atomic mass is 9.69. The number of ether oxygens (including phenoxy) is 1. The van der Waals surface area contributed by atoms with Crippen molar-refractivity contribution in [3.63, 3.8) is 0 Å². The van der Waals surface area contributed by atoms with Crippen LogP contribution in [0.2, 0.25) is 0 Å². The van der Waals surface area contributed by atoms with Crippen molar-refractivity contribution < 1.29 is 19.2 Å². The number of benzene rings is 1. The molecule has 2 rings (SSSR count). The SMILES string of the molecule is CCCCCCCCCC(=O)NC(=O)OC1CC(C)(CC)N(OC(C)c2ccccc2)C(C)(CC)C1C. The van der Waals surface area contributed by atoms with Gasteiger partial charge >= 0.3 is 6.09 Å². The van der Waals surface area contributed by atoms with Crippen molar-refractivity contribution in [3.8, 4) is 0 Å². The number of hydroxylamine groups is 2. The zero-order valence-corrected chi connectivity index (χ0v) is 24.5. The zero-order valence-electron chi connectivity index (χ0n) is 24.5. The van der Waals surface area contributed by atoms with E-state index >= 15 is 0 Å². The summed E-state index contributed by atoms with van der Waals surface area (Å²) in [7, 11) is 0. The Hall–Kier alpha value is -1.92. The number of nitrogens with zero attached hydrogens (tertiary/aromatic N) is 1. The van der Waals surface area contributed by atoms with Crippen molar-refractivity contribution in [2.75, 3.05) is 0 Å². The quantitative estimate of drug-likeness (QED) is 0.253. The van der Waals surface area contributed by atoms with Gasteiger partial charge in [-0.25, -0.2) is 4.79 Å². The standard InChI is InChI=1S/C31H52N2O4/c1-8-11-12-13-14-15-19-22-28(34)32-29(35)36-27-23-30(6,9-2)33(31(7,10-3)24(27)4)37-25(5)26-20-17-16-18-21-26/h16-18,20-21,24-25,27H,8-15,19,22-23H2,1-7H3,(H,32,34,35). The van der Waals surface area contributed by atoms with Gasteiger partial charge in [-0.1, -0.05) is 96.6 Å². The Morgan fingerprint density at radius 2 is 1.62 bits per heavy atom. The molecule has 6 heteroatoms. The smallest absolute Gasteiger partial charge is 0.414 e. The van der Waals surface area contributed by atoms with Crippen LogP contribution in [-0.2, 0) is 14.4 Å². The molecule has 1 aliphatic heterocycles. The zero-order chi connectivity index (χ0) is 27.5. The molecule has 1 aromatic carbocycles. The number of amides is 2. The van der Waals surface area contributed by atoms with E-state index in [2.05, 4.69) is 71.0 Å². The van der Waals surface area contributed by atoms with E-state index in [1.807, 2.05) is 18.2 Å². The summed E-state index contributed by atoms with van der Waals surface area (Å²) in [4.78, 5) is 31.8. The van der Waals surface area contributed by atoms with Crippen molar-refractivity contribution in [3.05, 3.63) is 35.9 Å². The summed E-state index contributed by atoms with van der Waals surface area (Å²) in [6.07, 6.45) is 9.59. The molecule has 37 heavy (non-hydrogen) atoms. The molecule has 1 saturated heterocycles. The van der Waals surface area contributed by atoms with Crippen LogP contribution < -0.4 is 5.32 Å². The molecular formula is C31H52N2O4. The van der Waals surface area contributed by atoms with Crippen LogP contribution >= 0.6 is 0 Å². The molecule has 1 fully saturated rings. The Morgan fingerprint density at radius 3 is 2.22 bits per heavy atom.